The summed E-state index contributed by atoms with van der Waals surface area (Å²) in [6.07, 6.45) is 7.51. The highest BCUT2D eigenvalue weighted by molar-refractivity contribution is 5.90. The summed E-state index contributed by atoms with van der Waals surface area (Å²) in [5, 5.41) is 21.3. The van der Waals surface area contributed by atoms with E-state index >= 15 is 0 Å². The summed E-state index contributed by atoms with van der Waals surface area (Å²) in [4.78, 5) is 28.5. The van der Waals surface area contributed by atoms with Crippen LogP contribution in [0, 0.1) is 0 Å². The summed E-state index contributed by atoms with van der Waals surface area (Å²) >= 11 is 0. The first kappa shape index (κ1) is 31.6. The molecule has 9 heteroatoms. The molecule has 4 atom stereocenters. The van der Waals surface area contributed by atoms with Gasteiger partial charge in [-0.3, -0.25) is 14.5 Å². The smallest absolute Gasteiger partial charge is 0.303 e. The fraction of sp³-hybridized carbons (Fsp3) is 0.588. The first-order valence-corrected chi connectivity index (χ1v) is 16.1. The van der Waals surface area contributed by atoms with Crippen molar-refractivity contribution in [3.8, 4) is 0 Å². The Bertz CT molecular complexity index is 1180. The monoisotopic (exact) mass is 593 g/mol. The number of rotatable bonds is 14. The Morgan fingerprint density at radius 2 is 1.67 bits per heavy atom. The third-order valence-corrected chi connectivity index (χ3v) is 8.96. The van der Waals surface area contributed by atoms with Crippen molar-refractivity contribution in [3.05, 3.63) is 65.2 Å². The van der Waals surface area contributed by atoms with Gasteiger partial charge in [0.2, 0.25) is 5.91 Å². The number of unbranched alkanes of at least 4 members (excludes halogenated alkanes) is 2. The summed E-state index contributed by atoms with van der Waals surface area (Å²) < 4.78 is 13.2. The Morgan fingerprint density at radius 3 is 2.44 bits per heavy atom. The van der Waals surface area contributed by atoms with Crippen LogP contribution in [0.2, 0.25) is 0 Å². The Kier molecular flexibility index (Phi) is 11.6. The number of carboxylic acid groups (broad SMARTS) is 1. The van der Waals surface area contributed by atoms with E-state index in [1.165, 1.54) is 38.8 Å². The molecule has 0 aliphatic carbocycles. The van der Waals surface area contributed by atoms with Gasteiger partial charge >= 0.3 is 5.97 Å². The number of likely N-dealkylation sites (tertiary alicyclic amines) is 2. The zero-order valence-electron chi connectivity index (χ0n) is 25.2. The maximum atomic E-state index is 12.6. The summed E-state index contributed by atoms with van der Waals surface area (Å²) in [7, 11) is 0. The molecule has 3 heterocycles. The maximum Gasteiger partial charge on any atom is 0.303 e. The molecule has 3 N–H and O–H groups in total. The molecule has 3 fully saturated rings. The van der Waals surface area contributed by atoms with E-state index in [0.717, 1.165) is 42.7 Å². The van der Waals surface area contributed by atoms with Crippen molar-refractivity contribution in [1.29, 1.82) is 0 Å². The van der Waals surface area contributed by atoms with Crippen LogP contribution >= 0.6 is 0 Å². The lowest BCUT2D eigenvalue weighted by atomic mass is 9.99. The Hall–Kier alpha value is -2.82. The molecule has 3 saturated heterocycles. The highest BCUT2D eigenvalue weighted by Gasteiger charge is 2.36. The molecule has 3 aliphatic rings. The van der Waals surface area contributed by atoms with Crippen LogP contribution < -0.4 is 5.32 Å². The van der Waals surface area contributed by atoms with Gasteiger partial charge in [0.1, 0.15) is 0 Å². The molecule has 5 rings (SSSR count). The Labute approximate surface area is 255 Å². The van der Waals surface area contributed by atoms with Crippen molar-refractivity contribution in [1.82, 2.24) is 9.80 Å². The number of hydrogen-bond donors (Lipinski definition) is 3. The molecule has 43 heavy (non-hydrogen) atoms. The Balaban J connectivity index is 1.25. The van der Waals surface area contributed by atoms with E-state index < -0.39 is 12.3 Å². The molecule has 3 aliphatic heterocycles. The number of aliphatic carboxylic acids is 1. The molecule has 1 amide bonds. The lowest BCUT2D eigenvalue weighted by Crippen LogP contribution is -2.45. The maximum absolute atomic E-state index is 12.6. The molecule has 234 valence electrons. The zero-order valence-corrected chi connectivity index (χ0v) is 25.2. The summed E-state index contributed by atoms with van der Waals surface area (Å²) in [5.74, 6) is -0.891. The van der Waals surface area contributed by atoms with Gasteiger partial charge in [0.25, 0.3) is 0 Å². The lowest BCUT2D eigenvalue weighted by molar-refractivity contribution is -0.253. The number of carbonyl (C=O) groups excluding carboxylic acids is 1. The summed E-state index contributed by atoms with van der Waals surface area (Å²) in [6.45, 7) is 5.53. The van der Waals surface area contributed by atoms with Crippen LogP contribution in [0.15, 0.2) is 48.5 Å². The number of carbonyl (C=O) groups is 2. The first-order chi connectivity index (χ1) is 21.0. The number of nitrogens with one attached hydrogen (secondary N) is 1. The molecular weight excluding hydrogens is 546 g/mol. The van der Waals surface area contributed by atoms with E-state index in [-0.39, 0.29) is 31.1 Å². The number of nitrogens with zero attached hydrogens (tertiary/aromatic N) is 2. The quantitative estimate of drug-likeness (QED) is 0.255. The minimum atomic E-state index is -0.803. The van der Waals surface area contributed by atoms with Crippen LogP contribution in [0.5, 0.6) is 0 Å². The van der Waals surface area contributed by atoms with Crippen LogP contribution in [-0.2, 0) is 25.7 Å². The van der Waals surface area contributed by atoms with Crippen LogP contribution in [0.4, 0.5) is 5.69 Å². The topological polar surface area (TPSA) is 112 Å². The number of ether oxygens (including phenoxy) is 2. The van der Waals surface area contributed by atoms with Gasteiger partial charge in [-0.15, -0.1) is 0 Å². The number of anilines is 1. The van der Waals surface area contributed by atoms with Crippen molar-refractivity contribution in [2.45, 2.75) is 95.4 Å². The number of aliphatic hydroxyl groups is 1. The van der Waals surface area contributed by atoms with E-state index in [2.05, 4.69) is 15.1 Å². The lowest BCUT2D eigenvalue weighted by Gasteiger charge is -2.39. The van der Waals surface area contributed by atoms with E-state index in [0.29, 0.717) is 37.4 Å². The Morgan fingerprint density at radius 1 is 0.884 bits per heavy atom. The van der Waals surface area contributed by atoms with Crippen molar-refractivity contribution < 1.29 is 29.3 Å². The average molecular weight is 594 g/mol. The van der Waals surface area contributed by atoms with Crippen LogP contribution in [0.25, 0.3) is 0 Å². The third kappa shape index (κ3) is 9.33. The molecule has 0 bridgehead atoms. The van der Waals surface area contributed by atoms with Gasteiger partial charge in [-0.05, 0) is 81.4 Å². The fourth-order valence-corrected chi connectivity index (χ4v) is 6.63. The molecule has 0 spiro atoms. The number of amides is 1. The second-order valence-electron chi connectivity index (χ2n) is 12.3. The predicted molar refractivity (Wildman–Crippen MR) is 164 cm³/mol. The van der Waals surface area contributed by atoms with Crippen LogP contribution in [0.1, 0.15) is 93.3 Å². The van der Waals surface area contributed by atoms with Crippen LogP contribution in [0.3, 0.4) is 0 Å². The number of aliphatic hydroxyl groups excluding tert-OH is 1. The zero-order chi connectivity index (χ0) is 30.0. The second-order valence-corrected chi connectivity index (χ2v) is 12.3. The van der Waals surface area contributed by atoms with Gasteiger partial charge in [0.15, 0.2) is 6.29 Å². The second kappa shape index (κ2) is 15.8. The fourth-order valence-electron chi connectivity index (χ4n) is 6.63. The van der Waals surface area contributed by atoms with E-state index in [4.69, 9.17) is 14.6 Å². The number of benzene rings is 2. The molecule has 2 aromatic rings. The van der Waals surface area contributed by atoms with Crippen molar-refractivity contribution in [2.24, 2.45) is 0 Å². The van der Waals surface area contributed by atoms with Crippen LogP contribution in [-0.4, -0.2) is 76.8 Å². The van der Waals surface area contributed by atoms with Gasteiger partial charge in [-0.25, -0.2) is 0 Å². The number of hydrogen-bond acceptors (Lipinski definition) is 7. The predicted octanol–water partition coefficient (Wildman–Crippen LogP) is 5.26. The van der Waals surface area contributed by atoms with E-state index in [9.17, 15) is 14.7 Å². The highest BCUT2D eigenvalue weighted by Crippen LogP contribution is 2.39. The minimum absolute atomic E-state index is 0.00831. The molecule has 0 saturated carbocycles. The van der Waals surface area contributed by atoms with Gasteiger partial charge < -0.3 is 29.9 Å². The van der Waals surface area contributed by atoms with Gasteiger partial charge in [0.05, 0.1) is 18.8 Å². The number of carboxylic acids is 1. The molecule has 0 radical (unpaired) electrons. The largest absolute Gasteiger partial charge is 0.481 e. The van der Waals surface area contributed by atoms with Gasteiger partial charge in [-0.2, -0.15) is 0 Å². The van der Waals surface area contributed by atoms with Crippen molar-refractivity contribution >= 4 is 17.6 Å². The first-order valence-electron chi connectivity index (χ1n) is 16.1. The molecular formula is C34H47N3O6. The van der Waals surface area contributed by atoms with Crippen molar-refractivity contribution in [2.75, 3.05) is 38.0 Å². The minimum Gasteiger partial charge on any atom is -0.481 e. The normalized spacial score (nSPS) is 24.8. The molecule has 9 nitrogen and oxygen atoms in total. The summed E-state index contributed by atoms with van der Waals surface area (Å²) in [5.41, 5.74) is 3.49. The third-order valence-electron chi connectivity index (χ3n) is 8.96. The summed E-state index contributed by atoms with van der Waals surface area (Å²) in [6, 6.07) is 16.2. The van der Waals surface area contributed by atoms with E-state index in [1.807, 2.05) is 48.5 Å². The highest BCUT2D eigenvalue weighted by atomic mass is 16.7. The SMILES string of the molecule is O=C(O)CCCCCC(=O)Nc1cccc([C@@H]2O[C@H](CN3CCC[C@H]3CN3CCCC3)C[C@H](c3ccc(CO)cc3)O2)c1. The molecule has 0 unspecified atom stereocenters. The van der Waals surface area contributed by atoms with Crippen molar-refractivity contribution in [3.63, 3.8) is 0 Å². The molecule has 0 aromatic heterocycles. The standard InChI is InChI=1S/C34H47N3O6/c38-24-25-13-15-26(16-14-25)31-21-30(23-37-19-7-10-29(37)22-36-17-4-5-18-36)42-34(43-31)27-8-6-9-28(20-27)35-32(39)11-2-1-3-12-33(40)41/h6,8-9,13-16,20,29-31,34,38H,1-5,7,10-12,17-19,21-24H2,(H,35,39)(H,40,41)/t29-,30-,31+,34+/m0/s1. The average Bonchev–Trinajstić information content (AvgIpc) is 3.69. The molecule has 2 aromatic carbocycles. The van der Waals surface area contributed by atoms with Gasteiger partial charge in [-0.1, -0.05) is 42.8 Å². The van der Waals surface area contributed by atoms with E-state index in [1.54, 1.807) is 0 Å². The van der Waals surface area contributed by atoms with Gasteiger partial charge in [0, 0.05) is 49.6 Å².